The second-order valence-electron chi connectivity index (χ2n) is 4.08. The van der Waals surface area contributed by atoms with Gasteiger partial charge in [0.05, 0.1) is 13.5 Å². The van der Waals surface area contributed by atoms with Gasteiger partial charge in [0, 0.05) is 24.3 Å². The monoisotopic (exact) mass is 253 g/mol. The molecule has 0 spiro atoms. The molecule has 0 aromatic carbocycles. The molecule has 0 saturated heterocycles. The smallest absolute Gasteiger partial charge is 0.305 e. The number of carboxylic acid groups (broad SMARTS) is 1. The van der Waals surface area contributed by atoms with Crippen LogP contribution >= 0.6 is 0 Å². The Morgan fingerprint density at radius 2 is 2.22 bits per heavy atom. The molecule has 0 bridgehead atoms. The lowest BCUT2D eigenvalue weighted by molar-refractivity contribution is -0.137. The van der Waals surface area contributed by atoms with Crippen molar-refractivity contribution in [3.63, 3.8) is 0 Å². The van der Waals surface area contributed by atoms with Crippen LogP contribution in [0.4, 0.5) is 5.95 Å². The van der Waals surface area contributed by atoms with Crippen LogP contribution in [0.15, 0.2) is 6.07 Å². The number of aryl methyl sites for hydroxylation is 1. The molecular weight excluding hydrogens is 234 g/mol. The topological polar surface area (TPSA) is 75.5 Å². The van der Waals surface area contributed by atoms with E-state index in [2.05, 4.69) is 9.97 Å². The van der Waals surface area contributed by atoms with Crippen LogP contribution in [0.2, 0.25) is 0 Å². The number of hydrogen-bond donors (Lipinski definition) is 1. The van der Waals surface area contributed by atoms with E-state index < -0.39 is 5.97 Å². The third-order valence-corrected chi connectivity index (χ3v) is 2.63. The fraction of sp³-hybridized carbons (Fsp3) is 0.583. The number of aromatic nitrogens is 2. The lowest BCUT2D eigenvalue weighted by Crippen LogP contribution is -2.36. The van der Waals surface area contributed by atoms with Crippen LogP contribution in [-0.2, 0) is 4.79 Å². The van der Waals surface area contributed by atoms with E-state index in [0.29, 0.717) is 18.4 Å². The highest BCUT2D eigenvalue weighted by Crippen LogP contribution is 2.18. The summed E-state index contributed by atoms with van der Waals surface area (Å²) in [6, 6.07) is 1.57. The zero-order valence-corrected chi connectivity index (χ0v) is 11.2. The van der Waals surface area contributed by atoms with E-state index in [9.17, 15) is 4.79 Å². The molecule has 1 rings (SSSR count). The van der Waals surface area contributed by atoms with Gasteiger partial charge in [0.2, 0.25) is 11.8 Å². The van der Waals surface area contributed by atoms with Crippen molar-refractivity contribution in [2.75, 3.05) is 18.6 Å². The van der Waals surface area contributed by atoms with Crippen LogP contribution in [0.5, 0.6) is 5.88 Å². The Balaban J connectivity index is 3.00. The number of carbonyl (C=O) groups is 1. The van der Waals surface area contributed by atoms with Crippen molar-refractivity contribution in [3.8, 4) is 5.88 Å². The SMILES string of the molecule is CCN(c1nc(C)cc(OC)n1)C(C)CC(=O)O. The van der Waals surface area contributed by atoms with Crippen molar-refractivity contribution in [2.45, 2.75) is 33.2 Å². The second kappa shape index (κ2) is 6.18. The number of hydrogen-bond acceptors (Lipinski definition) is 5. The summed E-state index contributed by atoms with van der Waals surface area (Å²) in [5, 5.41) is 8.84. The van der Waals surface area contributed by atoms with Gasteiger partial charge in [0.25, 0.3) is 0 Å². The number of ether oxygens (including phenoxy) is 1. The van der Waals surface area contributed by atoms with Gasteiger partial charge in [0.1, 0.15) is 0 Å². The standard InChI is InChI=1S/C12H19N3O3/c1-5-15(9(3)7-11(16)17)12-13-8(2)6-10(14-12)18-4/h6,9H,5,7H2,1-4H3,(H,16,17). The molecule has 0 radical (unpaired) electrons. The van der Waals surface area contributed by atoms with Crippen molar-refractivity contribution in [3.05, 3.63) is 11.8 Å². The Morgan fingerprint density at radius 3 is 2.72 bits per heavy atom. The molecule has 1 N–H and O–H groups in total. The van der Waals surface area contributed by atoms with Crippen molar-refractivity contribution in [1.82, 2.24) is 9.97 Å². The first-order chi connectivity index (χ1) is 8.47. The molecule has 0 fully saturated rings. The number of carboxylic acids is 1. The lowest BCUT2D eigenvalue weighted by Gasteiger charge is -2.27. The quantitative estimate of drug-likeness (QED) is 0.827. The zero-order chi connectivity index (χ0) is 13.7. The zero-order valence-electron chi connectivity index (χ0n) is 11.2. The van der Waals surface area contributed by atoms with E-state index in [1.807, 2.05) is 25.7 Å². The fourth-order valence-corrected chi connectivity index (χ4v) is 1.77. The van der Waals surface area contributed by atoms with Crippen molar-refractivity contribution >= 4 is 11.9 Å². The van der Waals surface area contributed by atoms with E-state index in [1.54, 1.807) is 13.2 Å². The van der Waals surface area contributed by atoms with Gasteiger partial charge in [-0.05, 0) is 20.8 Å². The first-order valence-electron chi connectivity index (χ1n) is 5.86. The minimum atomic E-state index is -0.833. The van der Waals surface area contributed by atoms with Gasteiger partial charge in [-0.25, -0.2) is 4.98 Å². The van der Waals surface area contributed by atoms with E-state index in [4.69, 9.17) is 9.84 Å². The minimum absolute atomic E-state index is 0.0491. The summed E-state index contributed by atoms with van der Waals surface area (Å²) in [5.41, 5.74) is 0.790. The van der Waals surface area contributed by atoms with Crippen LogP contribution in [0, 0.1) is 6.92 Å². The first-order valence-corrected chi connectivity index (χ1v) is 5.86. The van der Waals surface area contributed by atoms with Crippen LogP contribution < -0.4 is 9.64 Å². The number of aliphatic carboxylic acids is 1. The maximum atomic E-state index is 10.8. The van der Waals surface area contributed by atoms with Gasteiger partial charge in [-0.2, -0.15) is 4.98 Å². The highest BCUT2D eigenvalue weighted by Gasteiger charge is 2.19. The normalized spacial score (nSPS) is 12.0. The van der Waals surface area contributed by atoms with Gasteiger partial charge < -0.3 is 14.7 Å². The maximum Gasteiger partial charge on any atom is 0.305 e. The molecular formula is C12H19N3O3. The van der Waals surface area contributed by atoms with Crippen LogP contribution in [-0.4, -0.2) is 40.7 Å². The summed E-state index contributed by atoms with van der Waals surface area (Å²) in [4.78, 5) is 21.2. The summed E-state index contributed by atoms with van der Waals surface area (Å²) in [5.74, 6) is 0.155. The van der Waals surface area contributed by atoms with Crippen molar-refractivity contribution in [2.24, 2.45) is 0 Å². The van der Waals surface area contributed by atoms with Crippen molar-refractivity contribution in [1.29, 1.82) is 0 Å². The molecule has 1 unspecified atom stereocenters. The summed E-state index contributed by atoms with van der Waals surface area (Å²) in [6.07, 6.45) is 0.0491. The molecule has 0 amide bonds. The van der Waals surface area contributed by atoms with Crippen LogP contribution in [0.3, 0.4) is 0 Å². The summed E-state index contributed by atoms with van der Waals surface area (Å²) in [6.45, 7) is 6.27. The summed E-state index contributed by atoms with van der Waals surface area (Å²) < 4.78 is 5.10. The van der Waals surface area contributed by atoms with Crippen molar-refractivity contribution < 1.29 is 14.6 Å². The average molecular weight is 253 g/mol. The third kappa shape index (κ3) is 3.58. The van der Waals surface area contributed by atoms with Gasteiger partial charge >= 0.3 is 5.97 Å². The molecule has 100 valence electrons. The summed E-state index contributed by atoms with van der Waals surface area (Å²) >= 11 is 0. The molecule has 1 aromatic heterocycles. The van der Waals surface area contributed by atoms with Gasteiger partial charge in [0.15, 0.2) is 0 Å². The molecule has 0 saturated carbocycles. The Hall–Kier alpha value is -1.85. The van der Waals surface area contributed by atoms with Gasteiger partial charge in [-0.15, -0.1) is 0 Å². The molecule has 0 aliphatic rings. The second-order valence-corrected chi connectivity index (χ2v) is 4.08. The summed E-state index contributed by atoms with van der Waals surface area (Å²) in [7, 11) is 1.54. The molecule has 18 heavy (non-hydrogen) atoms. The van der Waals surface area contributed by atoms with Crippen LogP contribution in [0.1, 0.15) is 26.0 Å². The van der Waals surface area contributed by atoms with E-state index in [-0.39, 0.29) is 12.5 Å². The third-order valence-electron chi connectivity index (χ3n) is 2.63. The lowest BCUT2D eigenvalue weighted by atomic mass is 10.2. The Kier molecular flexibility index (Phi) is 4.88. The molecule has 6 nitrogen and oxygen atoms in total. The van der Waals surface area contributed by atoms with E-state index in [1.165, 1.54) is 0 Å². The molecule has 1 heterocycles. The van der Waals surface area contributed by atoms with E-state index in [0.717, 1.165) is 5.69 Å². The predicted octanol–water partition coefficient (Wildman–Crippen LogP) is 1.48. The highest BCUT2D eigenvalue weighted by atomic mass is 16.5. The number of nitrogens with zero attached hydrogens (tertiary/aromatic N) is 3. The first kappa shape index (κ1) is 14.2. The maximum absolute atomic E-state index is 10.8. The molecule has 1 atom stereocenters. The fourth-order valence-electron chi connectivity index (χ4n) is 1.77. The Bertz CT molecular complexity index is 423. The highest BCUT2D eigenvalue weighted by molar-refractivity contribution is 5.68. The van der Waals surface area contributed by atoms with Gasteiger partial charge in [-0.1, -0.05) is 0 Å². The number of rotatable bonds is 6. The molecule has 6 heteroatoms. The predicted molar refractivity (Wildman–Crippen MR) is 68.1 cm³/mol. The minimum Gasteiger partial charge on any atom is -0.481 e. The Morgan fingerprint density at radius 1 is 1.56 bits per heavy atom. The number of anilines is 1. The largest absolute Gasteiger partial charge is 0.481 e. The molecule has 0 aliphatic carbocycles. The average Bonchev–Trinajstić information content (AvgIpc) is 2.28. The Labute approximate surface area is 107 Å². The van der Waals surface area contributed by atoms with Gasteiger partial charge in [-0.3, -0.25) is 4.79 Å². The number of methoxy groups -OCH3 is 1. The molecule has 1 aromatic rings. The van der Waals surface area contributed by atoms with Crippen LogP contribution in [0.25, 0.3) is 0 Å². The molecule has 0 aliphatic heterocycles. The van der Waals surface area contributed by atoms with E-state index >= 15 is 0 Å².